The molecular formula is C21H17ClN2O4. The van der Waals surface area contributed by atoms with Crippen molar-refractivity contribution >= 4 is 40.0 Å². The normalized spacial score (nSPS) is 13.6. The van der Waals surface area contributed by atoms with Gasteiger partial charge in [0, 0.05) is 34.2 Å². The van der Waals surface area contributed by atoms with Crippen LogP contribution >= 0.6 is 11.6 Å². The molecule has 0 bridgehead atoms. The lowest BCUT2D eigenvalue weighted by Crippen LogP contribution is -2.27. The average Bonchev–Trinajstić information content (AvgIpc) is 2.93. The molecule has 2 N–H and O–H groups in total. The van der Waals surface area contributed by atoms with Crippen molar-refractivity contribution < 1.29 is 19.4 Å². The van der Waals surface area contributed by atoms with Gasteiger partial charge in [-0.3, -0.25) is 4.79 Å². The number of fused-ring (bicyclic) bond motifs is 3. The van der Waals surface area contributed by atoms with Crippen LogP contribution in [-0.4, -0.2) is 40.5 Å². The van der Waals surface area contributed by atoms with Crippen LogP contribution in [0.2, 0.25) is 5.02 Å². The standard InChI is InChI=1S/C21H17ClN2O4/c1-28-14-4-2-3-12(9-14)20(25)24-8-7-15-16-10-13(22)5-6-18(16)23-19(15)17(11-24)21(26)27/h2-6,9-11,23H,7-8H2,1H3,(H,26,27). The minimum Gasteiger partial charge on any atom is -0.497 e. The summed E-state index contributed by atoms with van der Waals surface area (Å²) in [6.45, 7) is 0.347. The van der Waals surface area contributed by atoms with Crippen LogP contribution in [0.1, 0.15) is 21.6 Å². The van der Waals surface area contributed by atoms with Crippen LogP contribution in [0.25, 0.3) is 16.5 Å². The minimum absolute atomic E-state index is 0.0380. The highest BCUT2D eigenvalue weighted by atomic mass is 35.5. The predicted octanol–water partition coefficient (Wildman–Crippen LogP) is 3.95. The number of methoxy groups -OCH3 is 1. The van der Waals surface area contributed by atoms with Crippen molar-refractivity contribution in [3.8, 4) is 5.75 Å². The highest BCUT2D eigenvalue weighted by Gasteiger charge is 2.27. The number of benzene rings is 2. The summed E-state index contributed by atoms with van der Waals surface area (Å²) >= 11 is 6.12. The summed E-state index contributed by atoms with van der Waals surface area (Å²) in [5, 5.41) is 11.2. The van der Waals surface area contributed by atoms with E-state index in [0.29, 0.717) is 35.0 Å². The van der Waals surface area contributed by atoms with Gasteiger partial charge in [-0.25, -0.2) is 4.79 Å². The van der Waals surface area contributed by atoms with Gasteiger partial charge in [-0.05, 0) is 48.4 Å². The molecule has 0 unspecified atom stereocenters. The second kappa shape index (κ2) is 7.05. The Morgan fingerprint density at radius 3 is 2.79 bits per heavy atom. The van der Waals surface area contributed by atoms with Gasteiger partial charge in [-0.15, -0.1) is 0 Å². The summed E-state index contributed by atoms with van der Waals surface area (Å²) in [6.07, 6.45) is 1.89. The molecule has 1 aliphatic rings. The third-order valence-electron chi connectivity index (χ3n) is 4.83. The van der Waals surface area contributed by atoms with Crippen LogP contribution < -0.4 is 4.74 Å². The second-order valence-corrected chi connectivity index (χ2v) is 6.93. The van der Waals surface area contributed by atoms with Gasteiger partial charge < -0.3 is 19.7 Å². The molecule has 0 spiro atoms. The number of aliphatic carboxylic acids is 1. The van der Waals surface area contributed by atoms with E-state index < -0.39 is 5.97 Å². The molecule has 4 rings (SSSR count). The number of carboxylic acids is 1. The van der Waals surface area contributed by atoms with Crippen molar-refractivity contribution in [3.05, 3.63) is 70.5 Å². The van der Waals surface area contributed by atoms with Crippen LogP contribution in [0.4, 0.5) is 0 Å². The first kappa shape index (κ1) is 18.1. The molecule has 1 aromatic heterocycles. The number of aromatic nitrogens is 1. The molecule has 7 heteroatoms. The number of carbonyl (C=O) groups excluding carboxylic acids is 1. The largest absolute Gasteiger partial charge is 0.497 e. The highest BCUT2D eigenvalue weighted by Crippen LogP contribution is 2.32. The first-order valence-corrected chi connectivity index (χ1v) is 9.06. The van der Waals surface area contributed by atoms with Crippen molar-refractivity contribution in [2.45, 2.75) is 6.42 Å². The maximum Gasteiger partial charge on any atom is 0.339 e. The molecule has 0 aliphatic carbocycles. The number of carboxylic acid groups (broad SMARTS) is 1. The lowest BCUT2D eigenvalue weighted by atomic mass is 10.0. The Morgan fingerprint density at radius 2 is 2.04 bits per heavy atom. The van der Waals surface area contributed by atoms with Crippen molar-refractivity contribution in [2.24, 2.45) is 0 Å². The van der Waals surface area contributed by atoms with Crippen LogP contribution in [0.3, 0.4) is 0 Å². The monoisotopic (exact) mass is 396 g/mol. The van der Waals surface area contributed by atoms with Gasteiger partial charge >= 0.3 is 5.97 Å². The SMILES string of the molecule is COc1cccc(C(=O)N2C=C(C(=O)O)c3[nH]c4ccc(Cl)cc4c3CC2)c1. The number of rotatable bonds is 3. The van der Waals surface area contributed by atoms with Gasteiger partial charge in [0.25, 0.3) is 5.91 Å². The number of carbonyl (C=O) groups is 2. The number of aromatic amines is 1. The van der Waals surface area contributed by atoms with Crippen LogP contribution in [0.15, 0.2) is 48.7 Å². The third kappa shape index (κ3) is 3.12. The molecule has 142 valence electrons. The van der Waals surface area contributed by atoms with E-state index in [2.05, 4.69) is 4.98 Å². The Labute approximate surface area is 166 Å². The summed E-state index contributed by atoms with van der Waals surface area (Å²) in [7, 11) is 1.53. The van der Waals surface area contributed by atoms with Gasteiger partial charge in [0.05, 0.1) is 18.4 Å². The van der Waals surface area contributed by atoms with Gasteiger partial charge in [0.1, 0.15) is 5.75 Å². The van der Waals surface area contributed by atoms with Crippen LogP contribution in [-0.2, 0) is 11.2 Å². The van der Waals surface area contributed by atoms with E-state index in [9.17, 15) is 14.7 Å². The summed E-state index contributed by atoms with van der Waals surface area (Å²) in [5.74, 6) is -0.830. The molecule has 28 heavy (non-hydrogen) atoms. The Kier molecular flexibility index (Phi) is 4.57. The van der Waals surface area contributed by atoms with Crippen molar-refractivity contribution in [1.29, 1.82) is 0 Å². The Bertz CT molecular complexity index is 1130. The summed E-state index contributed by atoms with van der Waals surface area (Å²) in [6, 6.07) is 12.2. The minimum atomic E-state index is -1.11. The number of H-pyrrole nitrogens is 1. The highest BCUT2D eigenvalue weighted by molar-refractivity contribution is 6.31. The van der Waals surface area contributed by atoms with E-state index in [-0.39, 0.29) is 11.5 Å². The second-order valence-electron chi connectivity index (χ2n) is 6.50. The first-order chi connectivity index (χ1) is 13.5. The molecule has 0 saturated heterocycles. The van der Waals surface area contributed by atoms with Gasteiger partial charge in [-0.1, -0.05) is 17.7 Å². The van der Waals surface area contributed by atoms with Crippen LogP contribution in [0.5, 0.6) is 5.75 Å². The zero-order valence-electron chi connectivity index (χ0n) is 15.0. The number of ether oxygens (including phenoxy) is 1. The van der Waals surface area contributed by atoms with Gasteiger partial charge in [0.15, 0.2) is 0 Å². The van der Waals surface area contributed by atoms with Crippen molar-refractivity contribution in [3.63, 3.8) is 0 Å². The molecule has 2 heterocycles. The van der Waals surface area contributed by atoms with E-state index in [1.807, 2.05) is 12.1 Å². The number of nitrogens with one attached hydrogen (secondary N) is 1. The molecule has 0 atom stereocenters. The van der Waals surface area contributed by atoms with E-state index in [1.165, 1.54) is 18.2 Å². The molecule has 2 aromatic carbocycles. The Balaban J connectivity index is 1.78. The van der Waals surface area contributed by atoms with Crippen molar-refractivity contribution in [2.75, 3.05) is 13.7 Å². The third-order valence-corrected chi connectivity index (χ3v) is 5.07. The molecule has 6 nitrogen and oxygen atoms in total. The number of halogens is 1. The zero-order valence-corrected chi connectivity index (χ0v) is 15.8. The molecular weight excluding hydrogens is 380 g/mol. The number of nitrogens with zero attached hydrogens (tertiary/aromatic N) is 1. The predicted molar refractivity (Wildman–Crippen MR) is 107 cm³/mol. The fourth-order valence-corrected chi connectivity index (χ4v) is 3.64. The summed E-state index contributed by atoms with van der Waals surface area (Å²) in [5.41, 5.74) is 2.63. The number of hydrogen-bond donors (Lipinski definition) is 2. The molecule has 3 aromatic rings. The summed E-state index contributed by atoms with van der Waals surface area (Å²) in [4.78, 5) is 29.5. The fraction of sp³-hybridized carbons (Fsp3) is 0.143. The topological polar surface area (TPSA) is 82.6 Å². The smallest absolute Gasteiger partial charge is 0.339 e. The fourth-order valence-electron chi connectivity index (χ4n) is 3.47. The maximum atomic E-state index is 13.0. The molecule has 1 amide bonds. The molecule has 0 fully saturated rings. The lowest BCUT2D eigenvalue weighted by Gasteiger charge is -2.18. The summed E-state index contributed by atoms with van der Waals surface area (Å²) < 4.78 is 5.18. The first-order valence-electron chi connectivity index (χ1n) is 8.68. The Morgan fingerprint density at radius 1 is 1.21 bits per heavy atom. The average molecular weight is 397 g/mol. The quantitative estimate of drug-likeness (QED) is 0.702. The van der Waals surface area contributed by atoms with Gasteiger partial charge in [-0.2, -0.15) is 0 Å². The number of amides is 1. The maximum absolute atomic E-state index is 13.0. The Hall–Kier alpha value is -3.25. The van der Waals surface area contributed by atoms with Crippen molar-refractivity contribution in [1.82, 2.24) is 9.88 Å². The van der Waals surface area contributed by atoms with Crippen LogP contribution in [0, 0.1) is 0 Å². The van der Waals surface area contributed by atoms with E-state index in [1.54, 1.807) is 30.3 Å². The van der Waals surface area contributed by atoms with E-state index in [0.717, 1.165) is 16.5 Å². The molecule has 0 radical (unpaired) electrons. The number of hydrogen-bond acceptors (Lipinski definition) is 3. The zero-order chi connectivity index (χ0) is 19.8. The van der Waals surface area contributed by atoms with E-state index in [4.69, 9.17) is 16.3 Å². The van der Waals surface area contributed by atoms with Gasteiger partial charge in [0.2, 0.25) is 0 Å². The molecule has 0 saturated carbocycles. The lowest BCUT2D eigenvalue weighted by molar-refractivity contribution is -0.130. The van der Waals surface area contributed by atoms with E-state index >= 15 is 0 Å². The molecule has 1 aliphatic heterocycles.